The summed E-state index contributed by atoms with van der Waals surface area (Å²) in [5.74, 6) is 0.407. The average molecular weight is 529 g/mol. The first-order valence-electron chi connectivity index (χ1n) is 9.31. The molecule has 0 bridgehead atoms. The second-order valence-corrected chi connectivity index (χ2v) is 9.86. The Morgan fingerprint density at radius 3 is 2.41 bits per heavy atom. The Labute approximate surface area is 185 Å². The van der Waals surface area contributed by atoms with Crippen LogP contribution in [-0.2, 0) is 10.0 Å². The maximum atomic E-state index is 12.7. The number of para-hydroxylation sites is 2. The zero-order valence-electron chi connectivity index (χ0n) is 16.2. The zero-order valence-corrected chi connectivity index (χ0v) is 19.1. The topological polar surface area (TPSA) is 79.0 Å². The van der Waals surface area contributed by atoms with E-state index in [9.17, 15) is 13.2 Å². The van der Waals surface area contributed by atoms with Gasteiger partial charge >= 0.3 is 0 Å². The molecule has 9 heteroatoms. The number of ether oxygens (including phenoxy) is 1. The molecule has 0 saturated carbocycles. The van der Waals surface area contributed by atoms with Gasteiger partial charge in [-0.3, -0.25) is 4.79 Å². The molecule has 0 unspecified atom stereocenters. The van der Waals surface area contributed by atoms with Crippen molar-refractivity contribution in [2.75, 3.05) is 50.5 Å². The van der Waals surface area contributed by atoms with Crippen molar-refractivity contribution in [3.05, 3.63) is 57.7 Å². The van der Waals surface area contributed by atoms with Gasteiger partial charge in [-0.25, -0.2) is 8.42 Å². The second kappa shape index (κ2) is 9.77. The van der Waals surface area contributed by atoms with E-state index in [0.717, 1.165) is 15.0 Å². The fourth-order valence-electron chi connectivity index (χ4n) is 3.26. The molecule has 1 aliphatic heterocycles. The van der Waals surface area contributed by atoms with Crippen LogP contribution in [0.4, 0.5) is 5.69 Å². The van der Waals surface area contributed by atoms with E-state index in [2.05, 4.69) is 32.8 Å². The number of carbonyl (C=O) groups is 1. The number of nitrogens with one attached hydrogen (secondary N) is 1. The summed E-state index contributed by atoms with van der Waals surface area (Å²) >= 11 is 2.09. The largest absolute Gasteiger partial charge is 0.495 e. The molecular weight excluding hydrogens is 505 g/mol. The Bertz CT molecular complexity index is 960. The molecular formula is C20H24IN3O4S. The van der Waals surface area contributed by atoms with Crippen molar-refractivity contribution in [3.8, 4) is 5.75 Å². The highest BCUT2D eigenvalue weighted by molar-refractivity contribution is 14.1. The van der Waals surface area contributed by atoms with Crippen LogP contribution >= 0.6 is 22.6 Å². The van der Waals surface area contributed by atoms with E-state index in [1.165, 1.54) is 4.31 Å². The van der Waals surface area contributed by atoms with Crippen molar-refractivity contribution in [3.63, 3.8) is 0 Å². The minimum atomic E-state index is -3.43. The molecule has 0 aromatic heterocycles. The summed E-state index contributed by atoms with van der Waals surface area (Å²) in [4.78, 5) is 14.4. The van der Waals surface area contributed by atoms with Crippen molar-refractivity contribution in [2.45, 2.75) is 0 Å². The van der Waals surface area contributed by atoms with Gasteiger partial charge in [0, 0.05) is 36.3 Å². The summed E-state index contributed by atoms with van der Waals surface area (Å²) in [7, 11) is -1.80. The molecule has 0 radical (unpaired) electrons. The van der Waals surface area contributed by atoms with Crippen LogP contribution in [0, 0.1) is 3.57 Å². The Balaban J connectivity index is 1.52. The van der Waals surface area contributed by atoms with Crippen LogP contribution in [0.25, 0.3) is 0 Å². The summed E-state index contributed by atoms with van der Waals surface area (Å²) in [5.41, 5.74) is 1.52. The Kier molecular flexibility index (Phi) is 7.36. The van der Waals surface area contributed by atoms with Gasteiger partial charge in [0.1, 0.15) is 5.75 Å². The van der Waals surface area contributed by atoms with E-state index < -0.39 is 10.0 Å². The van der Waals surface area contributed by atoms with E-state index in [0.29, 0.717) is 31.7 Å². The van der Waals surface area contributed by atoms with E-state index in [4.69, 9.17) is 4.74 Å². The number of methoxy groups -OCH3 is 1. The highest BCUT2D eigenvalue weighted by atomic mass is 127. The number of amides is 1. The third-order valence-corrected chi connectivity index (χ3v) is 7.63. The molecule has 1 fully saturated rings. The van der Waals surface area contributed by atoms with Crippen molar-refractivity contribution >= 4 is 44.2 Å². The van der Waals surface area contributed by atoms with Crippen LogP contribution in [0.2, 0.25) is 0 Å². The van der Waals surface area contributed by atoms with Crippen LogP contribution < -0.4 is 15.0 Å². The molecule has 1 heterocycles. The zero-order chi connectivity index (χ0) is 20.9. The third kappa shape index (κ3) is 5.40. The summed E-state index contributed by atoms with van der Waals surface area (Å²) in [5, 5.41) is 2.71. The number of rotatable bonds is 7. The molecule has 2 aromatic carbocycles. The summed E-state index contributed by atoms with van der Waals surface area (Å²) in [6.45, 7) is 2.08. The van der Waals surface area contributed by atoms with Gasteiger partial charge in [0.25, 0.3) is 5.91 Å². The normalized spacial score (nSPS) is 15.2. The number of benzene rings is 2. The van der Waals surface area contributed by atoms with Gasteiger partial charge < -0.3 is 15.0 Å². The van der Waals surface area contributed by atoms with Gasteiger partial charge in [-0.2, -0.15) is 4.31 Å². The lowest BCUT2D eigenvalue weighted by atomic mass is 10.2. The Morgan fingerprint density at radius 1 is 1.07 bits per heavy atom. The van der Waals surface area contributed by atoms with Gasteiger partial charge in [0.2, 0.25) is 10.0 Å². The second-order valence-electron chi connectivity index (χ2n) is 6.61. The predicted molar refractivity (Wildman–Crippen MR) is 122 cm³/mol. The van der Waals surface area contributed by atoms with Gasteiger partial charge in [0.15, 0.2) is 0 Å². The minimum Gasteiger partial charge on any atom is -0.495 e. The molecule has 0 spiro atoms. The molecule has 29 heavy (non-hydrogen) atoms. The fraction of sp³-hybridized carbons (Fsp3) is 0.350. The SMILES string of the molecule is COc1ccccc1N1CCN(S(=O)(=O)CCNC(=O)c2ccccc2I)CC1. The van der Waals surface area contributed by atoms with Crippen LogP contribution in [-0.4, -0.2) is 64.2 Å². The number of nitrogens with zero attached hydrogens (tertiary/aromatic N) is 2. The molecule has 1 saturated heterocycles. The lowest BCUT2D eigenvalue weighted by molar-refractivity contribution is 0.0955. The number of carbonyl (C=O) groups excluding carboxylic acids is 1. The number of halogens is 1. The van der Waals surface area contributed by atoms with E-state index in [1.807, 2.05) is 36.4 Å². The molecule has 1 N–H and O–H groups in total. The first kappa shape index (κ1) is 21.8. The Hall–Kier alpha value is -1.85. The van der Waals surface area contributed by atoms with Gasteiger partial charge in [-0.05, 0) is 46.9 Å². The van der Waals surface area contributed by atoms with Crippen LogP contribution in [0.15, 0.2) is 48.5 Å². The summed E-state index contributed by atoms with van der Waals surface area (Å²) < 4.78 is 33.1. The number of hydrogen-bond acceptors (Lipinski definition) is 5. The average Bonchev–Trinajstić information content (AvgIpc) is 2.74. The molecule has 1 aliphatic rings. The van der Waals surface area contributed by atoms with Crippen LogP contribution in [0.5, 0.6) is 5.75 Å². The molecule has 0 atom stereocenters. The lowest BCUT2D eigenvalue weighted by Gasteiger charge is -2.36. The van der Waals surface area contributed by atoms with E-state index in [1.54, 1.807) is 19.2 Å². The number of sulfonamides is 1. The van der Waals surface area contributed by atoms with Crippen LogP contribution in [0.1, 0.15) is 10.4 Å². The van der Waals surface area contributed by atoms with Gasteiger partial charge in [0.05, 0.1) is 24.1 Å². The summed E-state index contributed by atoms with van der Waals surface area (Å²) in [6.07, 6.45) is 0. The van der Waals surface area contributed by atoms with Gasteiger partial charge in [-0.15, -0.1) is 0 Å². The third-order valence-electron chi connectivity index (χ3n) is 4.82. The fourth-order valence-corrected chi connectivity index (χ4v) is 5.23. The highest BCUT2D eigenvalue weighted by Crippen LogP contribution is 2.28. The molecule has 2 aromatic rings. The summed E-state index contributed by atoms with van der Waals surface area (Å²) in [6, 6.07) is 14.9. The van der Waals surface area contributed by atoms with Crippen molar-refractivity contribution in [2.24, 2.45) is 0 Å². The minimum absolute atomic E-state index is 0.0822. The van der Waals surface area contributed by atoms with E-state index >= 15 is 0 Å². The Morgan fingerprint density at radius 2 is 1.72 bits per heavy atom. The number of hydrogen-bond donors (Lipinski definition) is 1. The maximum absolute atomic E-state index is 12.7. The first-order chi connectivity index (χ1) is 13.9. The van der Waals surface area contributed by atoms with Crippen LogP contribution in [0.3, 0.4) is 0 Å². The standard InChI is InChI=1S/C20H24IN3O4S/c1-28-19-9-5-4-8-18(19)23-11-13-24(14-12-23)29(26,27)15-10-22-20(25)16-6-2-3-7-17(16)21/h2-9H,10-15H2,1H3,(H,22,25). The molecule has 0 aliphatic carbocycles. The van der Waals surface area contributed by atoms with Crippen molar-refractivity contribution in [1.82, 2.24) is 9.62 Å². The smallest absolute Gasteiger partial charge is 0.252 e. The van der Waals surface area contributed by atoms with E-state index in [-0.39, 0.29) is 18.2 Å². The number of piperazine rings is 1. The quantitative estimate of drug-likeness (QED) is 0.557. The van der Waals surface area contributed by atoms with Gasteiger partial charge in [-0.1, -0.05) is 24.3 Å². The highest BCUT2D eigenvalue weighted by Gasteiger charge is 2.27. The predicted octanol–water partition coefficient (Wildman–Crippen LogP) is 2.18. The van der Waals surface area contributed by atoms with Crippen molar-refractivity contribution < 1.29 is 17.9 Å². The molecule has 156 valence electrons. The monoisotopic (exact) mass is 529 g/mol. The number of anilines is 1. The molecule has 7 nitrogen and oxygen atoms in total. The first-order valence-corrected chi connectivity index (χ1v) is 12.0. The molecule has 3 rings (SSSR count). The molecule has 1 amide bonds. The lowest BCUT2D eigenvalue weighted by Crippen LogP contribution is -2.50. The van der Waals surface area contributed by atoms with Crippen molar-refractivity contribution in [1.29, 1.82) is 0 Å². The maximum Gasteiger partial charge on any atom is 0.252 e.